The molecule has 116 valence electrons. The first-order chi connectivity index (χ1) is 10.8. The Hall–Kier alpha value is -2.14. The molecule has 3 rings (SSSR count). The van der Waals surface area contributed by atoms with Crippen molar-refractivity contribution in [3.63, 3.8) is 0 Å². The third-order valence-corrected chi connectivity index (χ3v) is 4.18. The van der Waals surface area contributed by atoms with Gasteiger partial charge in [-0.1, -0.05) is 24.3 Å². The maximum atomic E-state index is 11.9. The summed E-state index contributed by atoms with van der Waals surface area (Å²) < 4.78 is 1.94. The van der Waals surface area contributed by atoms with Crippen molar-refractivity contribution in [2.75, 3.05) is 11.9 Å². The van der Waals surface area contributed by atoms with Gasteiger partial charge in [0.05, 0.1) is 12.2 Å². The average molecular weight is 298 g/mol. The first-order valence-corrected chi connectivity index (χ1v) is 7.91. The zero-order valence-corrected chi connectivity index (χ0v) is 12.7. The molecule has 1 amide bonds. The van der Waals surface area contributed by atoms with E-state index in [1.54, 1.807) is 6.20 Å². The summed E-state index contributed by atoms with van der Waals surface area (Å²) in [6.07, 6.45) is 6.20. The van der Waals surface area contributed by atoms with E-state index >= 15 is 0 Å². The van der Waals surface area contributed by atoms with Crippen molar-refractivity contribution in [1.82, 2.24) is 9.78 Å². The van der Waals surface area contributed by atoms with Crippen LogP contribution in [0.3, 0.4) is 0 Å². The van der Waals surface area contributed by atoms with Crippen LogP contribution >= 0.6 is 0 Å². The van der Waals surface area contributed by atoms with Crippen molar-refractivity contribution in [2.45, 2.75) is 38.1 Å². The fourth-order valence-corrected chi connectivity index (χ4v) is 3.11. The summed E-state index contributed by atoms with van der Waals surface area (Å²) in [5, 5.41) is 7.41. The summed E-state index contributed by atoms with van der Waals surface area (Å²) >= 11 is 0. The Kier molecular flexibility index (Phi) is 4.53. The van der Waals surface area contributed by atoms with E-state index in [4.69, 9.17) is 5.73 Å². The van der Waals surface area contributed by atoms with Gasteiger partial charge in [0.15, 0.2) is 0 Å². The van der Waals surface area contributed by atoms with Gasteiger partial charge in [0.25, 0.3) is 0 Å². The molecule has 1 atom stereocenters. The summed E-state index contributed by atoms with van der Waals surface area (Å²) in [7, 11) is 0. The van der Waals surface area contributed by atoms with E-state index in [0.29, 0.717) is 19.4 Å². The lowest BCUT2D eigenvalue weighted by atomic mass is 9.88. The molecule has 0 saturated heterocycles. The van der Waals surface area contributed by atoms with Gasteiger partial charge in [-0.3, -0.25) is 4.79 Å². The molecular weight excluding hydrogens is 276 g/mol. The number of nitrogens with one attached hydrogen (secondary N) is 1. The number of benzene rings is 1. The van der Waals surface area contributed by atoms with Gasteiger partial charge in [0.1, 0.15) is 5.82 Å². The standard InChI is InChI=1S/C17H22N4O/c18-11-4-9-17(22)20-16-10-12-19-21(16)15-8-3-6-13-5-1-2-7-14(13)15/h1-2,5,7,10,12,15H,3-4,6,8-9,11,18H2,(H,20,22). The molecule has 1 heterocycles. The third-order valence-electron chi connectivity index (χ3n) is 4.18. The average Bonchev–Trinajstić information content (AvgIpc) is 3.00. The highest BCUT2D eigenvalue weighted by molar-refractivity contribution is 5.89. The Bertz CT molecular complexity index is 650. The summed E-state index contributed by atoms with van der Waals surface area (Å²) in [4.78, 5) is 11.9. The molecule has 0 bridgehead atoms. The second-order valence-electron chi connectivity index (χ2n) is 5.71. The molecular formula is C17H22N4O. The Balaban J connectivity index is 1.82. The maximum Gasteiger partial charge on any atom is 0.225 e. The van der Waals surface area contributed by atoms with E-state index in [0.717, 1.165) is 25.1 Å². The van der Waals surface area contributed by atoms with Gasteiger partial charge in [-0.2, -0.15) is 5.10 Å². The van der Waals surface area contributed by atoms with E-state index in [2.05, 4.69) is 34.7 Å². The minimum absolute atomic E-state index is 0.00343. The van der Waals surface area contributed by atoms with Crippen molar-refractivity contribution in [3.05, 3.63) is 47.7 Å². The fraction of sp³-hybridized carbons (Fsp3) is 0.412. The number of anilines is 1. The van der Waals surface area contributed by atoms with E-state index in [1.165, 1.54) is 11.1 Å². The zero-order valence-electron chi connectivity index (χ0n) is 12.7. The molecule has 0 aliphatic heterocycles. The maximum absolute atomic E-state index is 11.9. The highest BCUT2D eigenvalue weighted by Gasteiger charge is 2.23. The monoisotopic (exact) mass is 298 g/mol. The van der Waals surface area contributed by atoms with E-state index in [9.17, 15) is 4.79 Å². The number of aromatic nitrogens is 2. The minimum atomic E-state index is -0.00343. The van der Waals surface area contributed by atoms with Crippen LogP contribution in [0.5, 0.6) is 0 Å². The molecule has 0 spiro atoms. The lowest BCUT2D eigenvalue weighted by molar-refractivity contribution is -0.116. The van der Waals surface area contributed by atoms with Gasteiger partial charge in [-0.05, 0) is 43.4 Å². The van der Waals surface area contributed by atoms with Crippen LogP contribution in [0.25, 0.3) is 0 Å². The number of nitrogens with two attached hydrogens (primary N) is 1. The van der Waals surface area contributed by atoms with Crippen LogP contribution in [-0.4, -0.2) is 22.2 Å². The Morgan fingerprint density at radius 2 is 2.23 bits per heavy atom. The molecule has 0 radical (unpaired) electrons. The van der Waals surface area contributed by atoms with Crippen LogP contribution < -0.4 is 11.1 Å². The lowest BCUT2D eigenvalue weighted by Gasteiger charge is -2.27. The number of nitrogens with zero attached hydrogens (tertiary/aromatic N) is 2. The molecule has 0 saturated carbocycles. The predicted octanol–water partition coefficient (Wildman–Crippen LogP) is 2.49. The van der Waals surface area contributed by atoms with Gasteiger partial charge in [-0.25, -0.2) is 4.68 Å². The molecule has 5 heteroatoms. The third kappa shape index (κ3) is 3.04. The van der Waals surface area contributed by atoms with Crippen molar-refractivity contribution in [2.24, 2.45) is 5.73 Å². The summed E-state index contributed by atoms with van der Waals surface area (Å²) in [6, 6.07) is 10.6. The highest BCUT2D eigenvalue weighted by atomic mass is 16.1. The number of rotatable bonds is 5. The number of aryl methyl sites for hydroxylation is 1. The minimum Gasteiger partial charge on any atom is -0.330 e. The van der Waals surface area contributed by atoms with Crippen LogP contribution in [0.1, 0.15) is 42.9 Å². The molecule has 1 aromatic carbocycles. The largest absolute Gasteiger partial charge is 0.330 e. The van der Waals surface area contributed by atoms with Gasteiger partial charge < -0.3 is 11.1 Å². The Labute approximate surface area is 130 Å². The van der Waals surface area contributed by atoms with E-state index < -0.39 is 0 Å². The fourth-order valence-electron chi connectivity index (χ4n) is 3.11. The van der Waals surface area contributed by atoms with Crippen LogP contribution in [-0.2, 0) is 11.2 Å². The number of amides is 1. The van der Waals surface area contributed by atoms with Crippen LogP contribution in [0.15, 0.2) is 36.5 Å². The lowest BCUT2D eigenvalue weighted by Crippen LogP contribution is -2.22. The summed E-state index contributed by atoms with van der Waals surface area (Å²) in [5.41, 5.74) is 8.15. The van der Waals surface area contributed by atoms with Gasteiger partial charge in [-0.15, -0.1) is 0 Å². The van der Waals surface area contributed by atoms with Gasteiger partial charge >= 0.3 is 0 Å². The first kappa shape index (κ1) is 14.8. The van der Waals surface area contributed by atoms with E-state index in [1.807, 2.05) is 10.7 Å². The van der Waals surface area contributed by atoms with Gasteiger partial charge in [0, 0.05) is 12.5 Å². The molecule has 2 aromatic rings. The van der Waals surface area contributed by atoms with Gasteiger partial charge in [0.2, 0.25) is 5.91 Å². The van der Waals surface area contributed by atoms with Crippen LogP contribution in [0, 0.1) is 0 Å². The number of hydrogen-bond donors (Lipinski definition) is 2. The van der Waals surface area contributed by atoms with Crippen molar-refractivity contribution >= 4 is 11.7 Å². The molecule has 3 N–H and O–H groups in total. The smallest absolute Gasteiger partial charge is 0.225 e. The normalized spacial score (nSPS) is 17.0. The zero-order chi connectivity index (χ0) is 15.4. The number of fused-ring (bicyclic) bond motifs is 1. The number of carbonyl (C=O) groups excluding carboxylic acids is 1. The second kappa shape index (κ2) is 6.75. The highest BCUT2D eigenvalue weighted by Crippen LogP contribution is 2.34. The molecule has 5 nitrogen and oxygen atoms in total. The Morgan fingerprint density at radius 1 is 1.36 bits per heavy atom. The summed E-state index contributed by atoms with van der Waals surface area (Å²) in [6.45, 7) is 0.530. The van der Waals surface area contributed by atoms with E-state index in [-0.39, 0.29) is 11.9 Å². The molecule has 1 aliphatic rings. The van der Waals surface area contributed by atoms with Crippen molar-refractivity contribution < 1.29 is 4.79 Å². The first-order valence-electron chi connectivity index (χ1n) is 7.91. The molecule has 22 heavy (non-hydrogen) atoms. The molecule has 1 unspecified atom stereocenters. The predicted molar refractivity (Wildman–Crippen MR) is 86.7 cm³/mol. The van der Waals surface area contributed by atoms with Crippen LogP contribution in [0.4, 0.5) is 5.82 Å². The number of carbonyl (C=O) groups is 1. The molecule has 1 aromatic heterocycles. The van der Waals surface area contributed by atoms with Crippen molar-refractivity contribution in [1.29, 1.82) is 0 Å². The molecule has 1 aliphatic carbocycles. The van der Waals surface area contributed by atoms with Crippen molar-refractivity contribution in [3.8, 4) is 0 Å². The second-order valence-corrected chi connectivity index (χ2v) is 5.71. The quantitative estimate of drug-likeness (QED) is 0.890. The SMILES string of the molecule is NCCCC(=O)Nc1ccnn1C1CCCc2ccccc21. The number of hydrogen-bond acceptors (Lipinski definition) is 3. The van der Waals surface area contributed by atoms with Crippen LogP contribution in [0.2, 0.25) is 0 Å². The molecule has 0 fully saturated rings. The Morgan fingerprint density at radius 3 is 3.09 bits per heavy atom. The topological polar surface area (TPSA) is 72.9 Å². The summed E-state index contributed by atoms with van der Waals surface area (Å²) in [5.74, 6) is 0.764.